The van der Waals surface area contributed by atoms with Gasteiger partial charge in [-0.1, -0.05) is 47.8 Å². The molecule has 0 aromatic heterocycles. The highest BCUT2D eigenvalue weighted by Crippen LogP contribution is 2.23. The van der Waals surface area contributed by atoms with E-state index in [0.29, 0.717) is 6.04 Å². The third kappa shape index (κ3) is 5.39. The van der Waals surface area contributed by atoms with Crippen molar-refractivity contribution in [2.24, 2.45) is 0 Å². The summed E-state index contributed by atoms with van der Waals surface area (Å²) in [6.45, 7) is 8.09. The molecule has 0 saturated carbocycles. The quantitative estimate of drug-likeness (QED) is 0.794. The predicted octanol–water partition coefficient (Wildman–Crippen LogP) is 4.75. The van der Waals surface area contributed by atoms with E-state index < -0.39 is 0 Å². The summed E-state index contributed by atoms with van der Waals surface area (Å²) in [7, 11) is 0. The van der Waals surface area contributed by atoms with Crippen molar-refractivity contribution in [3.63, 3.8) is 0 Å². The molecular weight excluding hydrogens is 324 g/mol. The Morgan fingerprint density at radius 3 is 2.95 bits per heavy atom. The number of rotatable bonds is 6. The first-order valence-corrected chi connectivity index (χ1v) is 9.23. The Labute approximate surface area is 138 Å². The molecule has 2 atom stereocenters. The zero-order chi connectivity index (χ0) is 15.1. The maximum atomic E-state index is 3.65. The number of likely N-dealkylation sites (tertiary alicyclic amines) is 1. The van der Waals surface area contributed by atoms with Gasteiger partial charge >= 0.3 is 0 Å². The first-order chi connectivity index (χ1) is 10.2. The van der Waals surface area contributed by atoms with E-state index in [9.17, 15) is 0 Å². The molecule has 21 heavy (non-hydrogen) atoms. The van der Waals surface area contributed by atoms with Gasteiger partial charge in [0.25, 0.3) is 0 Å². The molecule has 1 aliphatic heterocycles. The molecule has 1 fully saturated rings. The Morgan fingerprint density at radius 1 is 1.33 bits per heavy atom. The molecule has 2 nitrogen and oxygen atoms in total. The van der Waals surface area contributed by atoms with Crippen LogP contribution in [0.3, 0.4) is 0 Å². The maximum absolute atomic E-state index is 3.65. The molecule has 0 amide bonds. The van der Waals surface area contributed by atoms with Crippen molar-refractivity contribution in [1.82, 2.24) is 10.2 Å². The van der Waals surface area contributed by atoms with Gasteiger partial charge in [0.1, 0.15) is 0 Å². The second kappa shape index (κ2) is 8.92. The minimum atomic E-state index is 0.461. The van der Waals surface area contributed by atoms with Crippen LogP contribution in [-0.4, -0.2) is 30.6 Å². The Bertz CT molecular complexity index is 421. The van der Waals surface area contributed by atoms with Crippen molar-refractivity contribution in [3.05, 3.63) is 34.3 Å². The Hall–Kier alpha value is -0.380. The normalized spacial score (nSPS) is 22.0. The number of halogens is 1. The summed E-state index contributed by atoms with van der Waals surface area (Å²) < 4.78 is 1.17. The highest BCUT2D eigenvalue weighted by Gasteiger charge is 2.18. The van der Waals surface area contributed by atoms with Gasteiger partial charge in [0.15, 0.2) is 0 Å². The lowest BCUT2D eigenvalue weighted by molar-refractivity contribution is 0.202. The van der Waals surface area contributed by atoms with E-state index in [4.69, 9.17) is 0 Å². The second-order valence-corrected chi connectivity index (χ2v) is 7.10. The van der Waals surface area contributed by atoms with E-state index in [-0.39, 0.29) is 0 Å². The predicted molar refractivity (Wildman–Crippen MR) is 94.7 cm³/mol. The molecule has 118 valence electrons. The molecule has 0 spiro atoms. The van der Waals surface area contributed by atoms with Crippen LogP contribution in [0.15, 0.2) is 28.7 Å². The zero-order valence-electron chi connectivity index (χ0n) is 13.4. The average molecular weight is 353 g/mol. The first-order valence-electron chi connectivity index (χ1n) is 8.43. The van der Waals surface area contributed by atoms with Gasteiger partial charge in [-0.05, 0) is 57.0 Å². The number of benzene rings is 1. The van der Waals surface area contributed by atoms with Crippen LogP contribution in [0.25, 0.3) is 0 Å². The molecule has 0 radical (unpaired) electrons. The van der Waals surface area contributed by atoms with Gasteiger partial charge < -0.3 is 10.2 Å². The molecule has 1 saturated heterocycles. The number of hydrogen-bond acceptors (Lipinski definition) is 2. The molecule has 1 N–H and O–H groups in total. The van der Waals surface area contributed by atoms with Gasteiger partial charge in [0.2, 0.25) is 0 Å². The standard InChI is InChI=1S/C18H29BrN2/c1-3-20-18(16-9-7-10-17(19)14-16)11-13-21-12-6-4-5-8-15(21)2/h7,9-10,14-15,18,20H,3-6,8,11-13H2,1-2H3. The van der Waals surface area contributed by atoms with E-state index in [1.165, 1.54) is 55.2 Å². The average Bonchev–Trinajstić information content (AvgIpc) is 2.68. The smallest absolute Gasteiger partial charge is 0.0332 e. The van der Waals surface area contributed by atoms with Crippen molar-refractivity contribution in [3.8, 4) is 0 Å². The summed E-state index contributed by atoms with van der Waals surface area (Å²) in [5.74, 6) is 0. The first kappa shape index (κ1) is 17.0. The maximum Gasteiger partial charge on any atom is 0.0332 e. The van der Waals surface area contributed by atoms with Crippen LogP contribution >= 0.6 is 15.9 Å². The van der Waals surface area contributed by atoms with E-state index >= 15 is 0 Å². The minimum Gasteiger partial charge on any atom is -0.310 e. The topological polar surface area (TPSA) is 15.3 Å². The molecule has 1 aromatic rings. The molecule has 0 bridgehead atoms. The summed E-state index contributed by atoms with van der Waals surface area (Å²) in [6.07, 6.45) is 6.73. The molecule has 2 rings (SSSR count). The summed E-state index contributed by atoms with van der Waals surface area (Å²) >= 11 is 3.59. The number of hydrogen-bond donors (Lipinski definition) is 1. The fourth-order valence-electron chi connectivity index (χ4n) is 3.32. The Kier molecular flexibility index (Phi) is 7.21. The summed E-state index contributed by atoms with van der Waals surface area (Å²) in [5, 5.41) is 3.65. The monoisotopic (exact) mass is 352 g/mol. The lowest BCUT2D eigenvalue weighted by atomic mass is 10.0. The van der Waals surface area contributed by atoms with Crippen LogP contribution in [0, 0.1) is 0 Å². The van der Waals surface area contributed by atoms with E-state index in [2.05, 4.69) is 64.3 Å². The van der Waals surface area contributed by atoms with E-state index in [0.717, 1.165) is 12.6 Å². The Balaban J connectivity index is 1.96. The molecule has 0 aliphatic carbocycles. The summed E-state index contributed by atoms with van der Waals surface area (Å²) in [4.78, 5) is 2.69. The van der Waals surface area contributed by atoms with Gasteiger partial charge in [-0.3, -0.25) is 0 Å². The summed E-state index contributed by atoms with van der Waals surface area (Å²) in [6, 6.07) is 9.94. The van der Waals surface area contributed by atoms with E-state index in [1.54, 1.807) is 0 Å². The molecule has 2 unspecified atom stereocenters. The second-order valence-electron chi connectivity index (χ2n) is 6.19. The van der Waals surface area contributed by atoms with Gasteiger partial charge in [0, 0.05) is 23.1 Å². The Morgan fingerprint density at radius 2 is 2.19 bits per heavy atom. The highest BCUT2D eigenvalue weighted by molar-refractivity contribution is 9.10. The lowest BCUT2D eigenvalue weighted by Gasteiger charge is -2.29. The molecule has 1 aromatic carbocycles. The SMILES string of the molecule is CCNC(CCN1CCCCCC1C)c1cccc(Br)c1. The fourth-order valence-corrected chi connectivity index (χ4v) is 3.73. The number of nitrogens with one attached hydrogen (secondary N) is 1. The van der Waals surface area contributed by atoms with Crippen LogP contribution in [0.5, 0.6) is 0 Å². The van der Waals surface area contributed by atoms with Gasteiger partial charge in [-0.25, -0.2) is 0 Å². The summed E-state index contributed by atoms with van der Waals surface area (Å²) in [5.41, 5.74) is 1.40. The van der Waals surface area contributed by atoms with Crippen LogP contribution in [0.4, 0.5) is 0 Å². The van der Waals surface area contributed by atoms with Crippen molar-refractivity contribution in [2.75, 3.05) is 19.6 Å². The van der Waals surface area contributed by atoms with Gasteiger partial charge in [-0.15, -0.1) is 0 Å². The molecule has 3 heteroatoms. The van der Waals surface area contributed by atoms with Crippen molar-refractivity contribution >= 4 is 15.9 Å². The van der Waals surface area contributed by atoms with Crippen molar-refractivity contribution in [2.45, 2.75) is 58.0 Å². The molecular formula is C18H29BrN2. The minimum absolute atomic E-state index is 0.461. The largest absolute Gasteiger partial charge is 0.310 e. The van der Waals surface area contributed by atoms with Crippen LogP contribution in [0.1, 0.15) is 57.6 Å². The van der Waals surface area contributed by atoms with Crippen molar-refractivity contribution < 1.29 is 0 Å². The van der Waals surface area contributed by atoms with Crippen LogP contribution < -0.4 is 5.32 Å². The molecule has 1 aliphatic rings. The number of nitrogens with zero attached hydrogens (tertiary/aromatic N) is 1. The van der Waals surface area contributed by atoms with E-state index in [1.807, 2.05) is 0 Å². The highest BCUT2D eigenvalue weighted by atomic mass is 79.9. The lowest BCUT2D eigenvalue weighted by Crippen LogP contribution is -2.35. The van der Waals surface area contributed by atoms with Crippen LogP contribution in [-0.2, 0) is 0 Å². The van der Waals surface area contributed by atoms with Crippen LogP contribution in [0.2, 0.25) is 0 Å². The van der Waals surface area contributed by atoms with Gasteiger partial charge in [-0.2, -0.15) is 0 Å². The third-order valence-corrected chi connectivity index (χ3v) is 5.09. The zero-order valence-corrected chi connectivity index (χ0v) is 15.0. The van der Waals surface area contributed by atoms with Crippen molar-refractivity contribution in [1.29, 1.82) is 0 Å². The fraction of sp³-hybridized carbons (Fsp3) is 0.667. The third-order valence-electron chi connectivity index (χ3n) is 4.60. The molecule has 1 heterocycles. The van der Waals surface area contributed by atoms with Gasteiger partial charge in [0.05, 0.1) is 0 Å².